The fraction of sp³-hybridized carbons (Fsp3) is 0.0625. The molecule has 0 aliphatic carbocycles. The Labute approximate surface area is 111 Å². The van der Waals surface area contributed by atoms with Crippen LogP contribution in [0.15, 0.2) is 60.7 Å². The third kappa shape index (κ3) is 3.78. The van der Waals surface area contributed by atoms with Crippen LogP contribution in [0.1, 0.15) is 15.9 Å². The van der Waals surface area contributed by atoms with Crippen LogP contribution < -0.4 is 0 Å². The Balaban J connectivity index is 1.88. The molecule has 0 saturated heterocycles. The SMILES string of the molecule is O=C(OC/C=C/c1ccccc1)c1ccccc1F. The summed E-state index contributed by atoms with van der Waals surface area (Å²) in [4.78, 5) is 11.6. The smallest absolute Gasteiger partial charge is 0.341 e. The average Bonchev–Trinajstić information content (AvgIpc) is 2.45. The van der Waals surface area contributed by atoms with E-state index in [9.17, 15) is 9.18 Å². The third-order valence-electron chi connectivity index (χ3n) is 2.51. The standard InChI is InChI=1S/C16H13FO2/c17-15-11-5-4-10-14(15)16(18)19-12-6-9-13-7-2-1-3-8-13/h1-11H,12H2/b9-6+. The zero-order chi connectivity index (χ0) is 13.5. The van der Waals surface area contributed by atoms with Gasteiger partial charge in [0.25, 0.3) is 0 Å². The van der Waals surface area contributed by atoms with Gasteiger partial charge < -0.3 is 4.74 Å². The summed E-state index contributed by atoms with van der Waals surface area (Å²) in [7, 11) is 0. The van der Waals surface area contributed by atoms with Gasteiger partial charge in [0.15, 0.2) is 0 Å². The van der Waals surface area contributed by atoms with Gasteiger partial charge in [0.1, 0.15) is 12.4 Å². The molecule has 0 bridgehead atoms. The van der Waals surface area contributed by atoms with Crippen LogP contribution in [0.2, 0.25) is 0 Å². The van der Waals surface area contributed by atoms with E-state index in [2.05, 4.69) is 0 Å². The van der Waals surface area contributed by atoms with Crippen molar-refractivity contribution in [2.24, 2.45) is 0 Å². The Bertz CT molecular complexity index is 576. The summed E-state index contributed by atoms with van der Waals surface area (Å²) in [5.41, 5.74) is 0.972. The predicted molar refractivity (Wildman–Crippen MR) is 72.2 cm³/mol. The number of ether oxygens (including phenoxy) is 1. The maximum atomic E-state index is 13.3. The second-order valence-corrected chi connectivity index (χ2v) is 3.89. The first-order chi connectivity index (χ1) is 9.27. The van der Waals surface area contributed by atoms with E-state index < -0.39 is 11.8 Å². The number of rotatable bonds is 4. The van der Waals surface area contributed by atoms with Crippen molar-refractivity contribution < 1.29 is 13.9 Å². The quantitative estimate of drug-likeness (QED) is 0.780. The Morgan fingerprint density at radius 3 is 2.47 bits per heavy atom. The van der Waals surface area contributed by atoms with Crippen molar-refractivity contribution >= 4 is 12.0 Å². The van der Waals surface area contributed by atoms with E-state index in [-0.39, 0.29) is 12.2 Å². The minimum absolute atomic E-state index is 0.0457. The van der Waals surface area contributed by atoms with E-state index in [0.717, 1.165) is 5.56 Å². The second kappa shape index (κ2) is 6.50. The van der Waals surface area contributed by atoms with Gasteiger partial charge in [-0.25, -0.2) is 9.18 Å². The van der Waals surface area contributed by atoms with Crippen LogP contribution in [-0.4, -0.2) is 12.6 Å². The van der Waals surface area contributed by atoms with Gasteiger partial charge in [0.05, 0.1) is 5.56 Å². The molecule has 0 aliphatic heterocycles. The van der Waals surface area contributed by atoms with Gasteiger partial charge in [-0.1, -0.05) is 48.5 Å². The number of esters is 1. The van der Waals surface area contributed by atoms with Crippen molar-refractivity contribution in [1.82, 2.24) is 0 Å². The van der Waals surface area contributed by atoms with Gasteiger partial charge in [-0.2, -0.15) is 0 Å². The highest BCUT2D eigenvalue weighted by Gasteiger charge is 2.10. The van der Waals surface area contributed by atoms with Crippen molar-refractivity contribution in [2.45, 2.75) is 0 Å². The molecule has 0 radical (unpaired) electrons. The molecule has 0 saturated carbocycles. The van der Waals surface area contributed by atoms with Crippen molar-refractivity contribution in [1.29, 1.82) is 0 Å². The molecule has 0 aliphatic rings. The maximum absolute atomic E-state index is 13.3. The summed E-state index contributed by atoms with van der Waals surface area (Å²) in [6.07, 6.45) is 3.56. The highest BCUT2D eigenvalue weighted by Crippen LogP contribution is 2.08. The maximum Gasteiger partial charge on any atom is 0.341 e. The lowest BCUT2D eigenvalue weighted by Gasteiger charge is -2.02. The average molecular weight is 256 g/mol. The lowest BCUT2D eigenvalue weighted by atomic mass is 10.2. The number of benzene rings is 2. The molecule has 0 N–H and O–H groups in total. The predicted octanol–water partition coefficient (Wildman–Crippen LogP) is 3.70. The van der Waals surface area contributed by atoms with Crippen LogP contribution in [0, 0.1) is 5.82 Å². The van der Waals surface area contributed by atoms with Crippen molar-refractivity contribution in [3.63, 3.8) is 0 Å². The van der Waals surface area contributed by atoms with E-state index in [1.807, 2.05) is 36.4 Å². The molecule has 2 rings (SSSR count). The summed E-state index contributed by atoms with van der Waals surface area (Å²) in [5, 5.41) is 0. The molecular formula is C16H13FO2. The fourth-order valence-corrected chi connectivity index (χ4v) is 1.58. The summed E-state index contributed by atoms with van der Waals surface area (Å²) in [5.74, 6) is -1.23. The first-order valence-electron chi connectivity index (χ1n) is 5.90. The summed E-state index contributed by atoms with van der Waals surface area (Å²) in [6, 6.07) is 15.4. The van der Waals surface area contributed by atoms with Crippen LogP contribution in [0.3, 0.4) is 0 Å². The van der Waals surface area contributed by atoms with Crippen LogP contribution in [-0.2, 0) is 4.74 Å². The molecule has 0 atom stereocenters. The Morgan fingerprint density at radius 2 is 1.74 bits per heavy atom. The van der Waals surface area contributed by atoms with E-state index in [1.165, 1.54) is 18.2 Å². The number of carbonyl (C=O) groups is 1. The largest absolute Gasteiger partial charge is 0.458 e. The van der Waals surface area contributed by atoms with Gasteiger partial charge in [-0.15, -0.1) is 0 Å². The van der Waals surface area contributed by atoms with E-state index in [4.69, 9.17) is 4.74 Å². The molecule has 19 heavy (non-hydrogen) atoms. The zero-order valence-corrected chi connectivity index (χ0v) is 10.3. The molecule has 0 unspecified atom stereocenters. The Hall–Kier alpha value is -2.42. The summed E-state index contributed by atoms with van der Waals surface area (Å²) < 4.78 is 18.3. The molecule has 3 heteroatoms. The van der Waals surface area contributed by atoms with Crippen LogP contribution in [0.4, 0.5) is 4.39 Å². The molecular weight excluding hydrogens is 243 g/mol. The van der Waals surface area contributed by atoms with Gasteiger partial charge in [0, 0.05) is 0 Å². The summed E-state index contributed by atoms with van der Waals surface area (Å²) in [6.45, 7) is 0.113. The molecule has 2 aromatic carbocycles. The van der Waals surface area contributed by atoms with E-state index in [0.29, 0.717) is 0 Å². The number of hydrogen-bond acceptors (Lipinski definition) is 2. The van der Waals surface area contributed by atoms with Gasteiger partial charge >= 0.3 is 5.97 Å². The van der Waals surface area contributed by atoms with E-state index >= 15 is 0 Å². The minimum Gasteiger partial charge on any atom is -0.458 e. The number of carbonyl (C=O) groups excluding carboxylic acids is 1. The monoisotopic (exact) mass is 256 g/mol. The van der Waals surface area contributed by atoms with Crippen LogP contribution in [0.25, 0.3) is 6.08 Å². The molecule has 96 valence electrons. The molecule has 0 aromatic heterocycles. The minimum atomic E-state index is -0.657. The first kappa shape index (κ1) is 13.0. The number of hydrogen-bond donors (Lipinski definition) is 0. The Morgan fingerprint density at radius 1 is 1.05 bits per heavy atom. The molecule has 0 amide bonds. The normalized spacial score (nSPS) is 10.6. The number of halogens is 1. The van der Waals surface area contributed by atoms with Gasteiger partial charge in [0.2, 0.25) is 0 Å². The van der Waals surface area contributed by atoms with E-state index in [1.54, 1.807) is 12.1 Å². The molecule has 0 spiro atoms. The molecule has 2 nitrogen and oxygen atoms in total. The third-order valence-corrected chi connectivity index (χ3v) is 2.51. The van der Waals surface area contributed by atoms with Gasteiger partial charge in [-0.05, 0) is 23.8 Å². The highest BCUT2D eigenvalue weighted by atomic mass is 19.1. The fourth-order valence-electron chi connectivity index (χ4n) is 1.58. The summed E-state index contributed by atoms with van der Waals surface area (Å²) >= 11 is 0. The molecule has 0 heterocycles. The topological polar surface area (TPSA) is 26.3 Å². The first-order valence-corrected chi connectivity index (χ1v) is 5.90. The van der Waals surface area contributed by atoms with Crippen molar-refractivity contribution in [2.75, 3.05) is 6.61 Å². The lowest BCUT2D eigenvalue weighted by molar-refractivity contribution is 0.0545. The second-order valence-electron chi connectivity index (χ2n) is 3.89. The highest BCUT2D eigenvalue weighted by molar-refractivity contribution is 5.89. The van der Waals surface area contributed by atoms with Gasteiger partial charge in [-0.3, -0.25) is 0 Å². The van der Waals surface area contributed by atoms with Crippen molar-refractivity contribution in [3.8, 4) is 0 Å². The van der Waals surface area contributed by atoms with Crippen molar-refractivity contribution in [3.05, 3.63) is 77.6 Å². The molecule has 0 fully saturated rings. The Kier molecular flexibility index (Phi) is 4.45. The van der Waals surface area contributed by atoms with Crippen LogP contribution in [0.5, 0.6) is 0 Å². The molecule has 2 aromatic rings. The zero-order valence-electron chi connectivity index (χ0n) is 10.3. The lowest BCUT2D eigenvalue weighted by Crippen LogP contribution is -2.07. The van der Waals surface area contributed by atoms with Crippen LogP contribution >= 0.6 is 0 Å².